The maximum atomic E-state index is 5.63. The Morgan fingerprint density at radius 3 is 1.51 bits per heavy atom. The molecule has 57 heavy (non-hydrogen) atoms. The van der Waals surface area contributed by atoms with Crippen molar-refractivity contribution in [3.05, 3.63) is 222 Å². The first-order valence-corrected chi connectivity index (χ1v) is 19.5. The summed E-state index contributed by atoms with van der Waals surface area (Å²) in [7, 11) is 0. The van der Waals surface area contributed by atoms with Gasteiger partial charge in [0.2, 0.25) is 0 Å². The molecule has 12 rings (SSSR count). The van der Waals surface area contributed by atoms with Gasteiger partial charge >= 0.3 is 0 Å². The van der Waals surface area contributed by atoms with E-state index < -0.39 is 0 Å². The van der Waals surface area contributed by atoms with E-state index in [0.717, 1.165) is 61.0 Å². The van der Waals surface area contributed by atoms with Crippen molar-refractivity contribution < 1.29 is 0 Å². The van der Waals surface area contributed by atoms with Gasteiger partial charge in [0.15, 0.2) is 5.82 Å². The number of fused-ring (bicyclic) bond motifs is 2. The van der Waals surface area contributed by atoms with E-state index in [-0.39, 0.29) is 0 Å². The molecule has 0 unspecified atom stereocenters. The van der Waals surface area contributed by atoms with Gasteiger partial charge in [-0.15, -0.1) is 0 Å². The van der Waals surface area contributed by atoms with Crippen molar-refractivity contribution in [3.63, 3.8) is 0 Å². The lowest BCUT2D eigenvalue weighted by atomic mass is 9.85. The first-order valence-electron chi connectivity index (χ1n) is 19.5. The maximum Gasteiger partial charge on any atom is 0.165 e. The number of hydrogen-bond acceptors (Lipinski definition) is 2. The van der Waals surface area contributed by atoms with Crippen LogP contribution in [0.1, 0.15) is 22.3 Å². The normalized spacial score (nSPS) is 12.5. The van der Waals surface area contributed by atoms with E-state index >= 15 is 0 Å². The van der Waals surface area contributed by atoms with Gasteiger partial charge in [-0.25, -0.2) is 9.97 Å². The van der Waals surface area contributed by atoms with Gasteiger partial charge in [-0.2, -0.15) is 0 Å². The minimum Gasteiger partial charge on any atom is -0.292 e. The first-order chi connectivity index (χ1) is 28.3. The lowest BCUT2D eigenvalue weighted by Crippen LogP contribution is -2.04. The van der Waals surface area contributed by atoms with Crippen LogP contribution < -0.4 is 0 Å². The molecule has 3 nitrogen and oxygen atoms in total. The second-order valence-corrected chi connectivity index (χ2v) is 14.9. The van der Waals surface area contributed by atoms with Crippen LogP contribution in [0, 0.1) is 0 Å². The van der Waals surface area contributed by atoms with Crippen LogP contribution in [0.2, 0.25) is 0 Å². The molecule has 1 aliphatic carbocycles. The Hall–Kier alpha value is -7.62. The van der Waals surface area contributed by atoms with Gasteiger partial charge in [0, 0.05) is 16.3 Å². The van der Waals surface area contributed by atoms with Gasteiger partial charge < -0.3 is 0 Å². The zero-order chi connectivity index (χ0) is 37.5. The predicted octanol–water partition coefficient (Wildman–Crippen LogP) is 13.7. The van der Waals surface area contributed by atoms with Crippen LogP contribution in [0.5, 0.6) is 0 Å². The third-order valence-electron chi connectivity index (χ3n) is 11.7. The van der Waals surface area contributed by atoms with Gasteiger partial charge in [0.05, 0.1) is 22.1 Å². The summed E-state index contributed by atoms with van der Waals surface area (Å²) in [4.78, 5) is 11.2. The zero-order valence-corrected chi connectivity index (χ0v) is 30.9. The molecule has 9 aromatic carbocycles. The number of aromatic nitrogens is 3. The van der Waals surface area contributed by atoms with E-state index in [1.165, 1.54) is 54.9 Å². The van der Waals surface area contributed by atoms with Crippen LogP contribution in [0.4, 0.5) is 0 Å². The maximum absolute atomic E-state index is 5.63. The Morgan fingerprint density at radius 2 is 0.825 bits per heavy atom. The number of hydrogen-bond donors (Lipinski definition) is 0. The number of benzene rings is 9. The molecule has 264 valence electrons. The molecule has 0 radical (unpaired) electrons. The average molecular weight is 724 g/mol. The highest BCUT2D eigenvalue weighted by Crippen LogP contribution is 2.50. The molecule has 0 atom stereocenters. The molecule has 3 heteroatoms. The fourth-order valence-corrected chi connectivity index (χ4v) is 9.21. The molecule has 0 spiro atoms. The smallest absolute Gasteiger partial charge is 0.165 e. The van der Waals surface area contributed by atoms with Gasteiger partial charge in [-0.05, 0) is 96.4 Å². The van der Waals surface area contributed by atoms with E-state index in [4.69, 9.17) is 9.97 Å². The Labute approximate surface area is 329 Å². The van der Waals surface area contributed by atoms with Crippen molar-refractivity contribution in [1.29, 1.82) is 0 Å². The molecule has 0 aliphatic heterocycles. The first kappa shape index (κ1) is 31.7. The standard InChI is InChI=1S/C54H33N3/c1-4-15-34(16-5-1)38-24-12-25-41(31-38)53-54(56-45-33-40-22-11-10-21-39(40)32-44(45)55-53)57-46-28-14-27-43-49(36-19-8-3-9-20-36)48(35-17-6-2-7-18-35)42-26-13-23-37-29-30-47(57)52(50(37)42)51(43)46/h1-33H. The summed E-state index contributed by atoms with van der Waals surface area (Å²) >= 11 is 0. The van der Waals surface area contributed by atoms with E-state index in [9.17, 15) is 0 Å². The monoisotopic (exact) mass is 723 g/mol. The van der Waals surface area contributed by atoms with Crippen LogP contribution in [0.15, 0.2) is 200 Å². The summed E-state index contributed by atoms with van der Waals surface area (Å²) in [6, 6.07) is 72.0. The van der Waals surface area contributed by atoms with Crippen molar-refractivity contribution in [2.75, 3.05) is 0 Å². The average Bonchev–Trinajstić information content (AvgIpc) is 3.55. The summed E-state index contributed by atoms with van der Waals surface area (Å²) in [6.45, 7) is 0. The van der Waals surface area contributed by atoms with Crippen LogP contribution in [-0.4, -0.2) is 14.5 Å². The van der Waals surface area contributed by atoms with Crippen molar-refractivity contribution >= 4 is 65.5 Å². The quantitative estimate of drug-likeness (QED) is 0.166. The molecule has 0 saturated heterocycles. The van der Waals surface area contributed by atoms with Crippen LogP contribution in [0.3, 0.4) is 0 Å². The fourth-order valence-electron chi connectivity index (χ4n) is 9.21. The molecule has 0 bridgehead atoms. The second kappa shape index (κ2) is 12.5. The van der Waals surface area contributed by atoms with Gasteiger partial charge in [0.1, 0.15) is 5.69 Å². The van der Waals surface area contributed by atoms with Gasteiger partial charge in [0.25, 0.3) is 0 Å². The van der Waals surface area contributed by atoms with E-state index in [1.54, 1.807) is 0 Å². The molecule has 2 aromatic heterocycles. The molecule has 11 aromatic rings. The molecule has 0 fully saturated rings. The molecular weight excluding hydrogens is 691 g/mol. The molecular formula is C54H33N3. The van der Waals surface area contributed by atoms with Gasteiger partial charge in [-0.3, -0.25) is 4.57 Å². The largest absolute Gasteiger partial charge is 0.292 e. The lowest BCUT2D eigenvalue weighted by molar-refractivity contribution is 1.08. The molecule has 2 heterocycles. The molecule has 0 amide bonds. The molecule has 0 N–H and O–H groups in total. The third-order valence-corrected chi connectivity index (χ3v) is 11.7. The Balaban J connectivity index is 1.24. The second-order valence-electron chi connectivity index (χ2n) is 14.9. The van der Waals surface area contributed by atoms with E-state index in [2.05, 4.69) is 205 Å². The van der Waals surface area contributed by atoms with Crippen molar-refractivity contribution in [2.24, 2.45) is 0 Å². The Bertz CT molecular complexity index is 3430. The van der Waals surface area contributed by atoms with E-state index in [1.807, 2.05) is 0 Å². The van der Waals surface area contributed by atoms with Crippen LogP contribution in [-0.2, 0) is 0 Å². The SMILES string of the molecule is c1ccc(C2=C(c3ccccc3)c3cccc4c3c3c5c2cccc5ccc3n4-c2nc3cc4ccccc4cc3nc2-c2cccc(-c3ccccc3)c2)cc1. The summed E-state index contributed by atoms with van der Waals surface area (Å²) < 4.78 is 2.38. The lowest BCUT2D eigenvalue weighted by Gasteiger charge is -2.19. The Kier molecular flexibility index (Phi) is 6.93. The predicted molar refractivity (Wildman–Crippen MR) is 238 cm³/mol. The highest BCUT2D eigenvalue weighted by atomic mass is 15.1. The summed E-state index contributed by atoms with van der Waals surface area (Å²) in [5.74, 6) is 0.811. The van der Waals surface area contributed by atoms with Crippen molar-refractivity contribution in [2.45, 2.75) is 0 Å². The number of nitrogens with zero attached hydrogens (tertiary/aromatic N) is 3. The third kappa shape index (κ3) is 4.86. The van der Waals surface area contributed by atoms with E-state index in [0.29, 0.717) is 0 Å². The van der Waals surface area contributed by atoms with Gasteiger partial charge in [-0.1, -0.05) is 170 Å². The summed E-state index contributed by atoms with van der Waals surface area (Å²) in [5, 5.41) is 7.21. The topological polar surface area (TPSA) is 30.7 Å². The highest BCUT2D eigenvalue weighted by Gasteiger charge is 2.29. The van der Waals surface area contributed by atoms with Crippen LogP contribution >= 0.6 is 0 Å². The molecule has 1 aliphatic rings. The highest BCUT2D eigenvalue weighted by molar-refractivity contribution is 6.31. The zero-order valence-electron chi connectivity index (χ0n) is 30.9. The van der Waals surface area contributed by atoms with Crippen molar-refractivity contribution in [1.82, 2.24) is 14.5 Å². The van der Waals surface area contributed by atoms with Crippen LogP contribution in [0.25, 0.3) is 93.7 Å². The summed E-state index contributed by atoms with van der Waals surface area (Å²) in [6.07, 6.45) is 0. The number of rotatable bonds is 5. The van der Waals surface area contributed by atoms with Crippen molar-refractivity contribution in [3.8, 4) is 28.2 Å². The summed E-state index contributed by atoms with van der Waals surface area (Å²) in [5.41, 5.74) is 15.4. The molecule has 0 saturated carbocycles. The fraction of sp³-hybridized carbons (Fsp3) is 0. The minimum atomic E-state index is 0.811. The Morgan fingerprint density at radius 1 is 0.316 bits per heavy atom. The minimum absolute atomic E-state index is 0.811.